The molecule has 2 heterocycles. The molecule has 2 aromatic carbocycles. The molecule has 30 heavy (non-hydrogen) atoms. The van der Waals surface area contributed by atoms with Crippen molar-refractivity contribution in [2.75, 3.05) is 14.2 Å². The second kappa shape index (κ2) is 11.1. The van der Waals surface area contributed by atoms with E-state index >= 15 is 0 Å². The molecular weight excluding hydrogens is 410 g/mol. The smallest absolute Gasteiger partial charge is 0.871 e. The number of ether oxygens (including phenoxy) is 2. The zero-order valence-corrected chi connectivity index (χ0v) is 19.6. The van der Waals surface area contributed by atoms with E-state index in [2.05, 4.69) is 9.97 Å². The van der Waals surface area contributed by atoms with Gasteiger partial charge in [-0.15, -0.1) is 0 Å². The molecule has 0 saturated carbocycles. The Morgan fingerprint density at radius 2 is 1.03 bits per heavy atom. The van der Waals surface area contributed by atoms with Gasteiger partial charge in [-0.3, -0.25) is 9.97 Å². The van der Waals surface area contributed by atoms with Crippen molar-refractivity contribution < 1.29 is 19.7 Å². The first kappa shape index (κ1) is 25.6. The van der Waals surface area contributed by atoms with Gasteiger partial charge in [0.25, 0.3) is 0 Å². The van der Waals surface area contributed by atoms with Crippen molar-refractivity contribution >= 4 is 56.5 Å². The molecule has 0 fully saturated rings. The first-order valence-corrected chi connectivity index (χ1v) is 8.67. The summed E-state index contributed by atoms with van der Waals surface area (Å²) in [6, 6.07) is 13.8. The largest absolute Gasteiger partial charge is 3.00 e. The minimum absolute atomic E-state index is 0. The van der Waals surface area contributed by atoms with E-state index in [-0.39, 0.29) is 46.2 Å². The Hall–Kier alpha value is -2.48. The average Bonchev–Trinajstić information content (AvgIpc) is 2.69. The van der Waals surface area contributed by atoms with Crippen molar-refractivity contribution in [3.8, 4) is 23.0 Å². The Balaban J connectivity index is 0.000000281. The van der Waals surface area contributed by atoms with Crippen LogP contribution >= 0.6 is 0 Å². The molecule has 0 spiro atoms. The van der Waals surface area contributed by atoms with Crippen molar-refractivity contribution in [3.05, 3.63) is 59.9 Å². The molecule has 0 radical (unpaired) electrons. The van der Waals surface area contributed by atoms with Crippen LogP contribution in [0.5, 0.6) is 23.0 Å². The zero-order valence-electron chi connectivity index (χ0n) is 17.3. The number of nitrogens with zero attached hydrogens (tertiary/aromatic N) is 2. The van der Waals surface area contributed by atoms with Crippen LogP contribution in [0.15, 0.2) is 48.5 Å². The number of methoxy groups -OCH3 is 2. The van der Waals surface area contributed by atoms with Crippen LogP contribution in [0.25, 0.3) is 21.8 Å². The van der Waals surface area contributed by atoms with Gasteiger partial charge in [-0.25, -0.2) is 0 Å². The van der Waals surface area contributed by atoms with Gasteiger partial charge in [0.05, 0.1) is 25.3 Å². The second-order valence-corrected chi connectivity index (χ2v) is 6.24. The van der Waals surface area contributed by atoms with E-state index in [0.717, 1.165) is 22.2 Å². The van der Waals surface area contributed by atoms with E-state index < -0.39 is 0 Å². The standard InChI is InChI=1S/2C11H11NO2.2Al/c2*1-7-6-10(14-2)8-4-3-5-9(13)11(8)12-7;;/h2*3-6,13H,1-2H3;;/q;;2*+3/p-2. The average molecular weight is 430 g/mol. The van der Waals surface area contributed by atoms with Gasteiger partial charge < -0.3 is 19.7 Å². The van der Waals surface area contributed by atoms with Gasteiger partial charge >= 0.3 is 34.7 Å². The maximum atomic E-state index is 11.5. The summed E-state index contributed by atoms with van der Waals surface area (Å²) in [4.78, 5) is 8.38. The number of hydrogen-bond acceptors (Lipinski definition) is 6. The van der Waals surface area contributed by atoms with Crippen LogP contribution in [-0.4, -0.2) is 58.9 Å². The van der Waals surface area contributed by atoms with Crippen LogP contribution in [-0.2, 0) is 0 Å². The molecule has 0 aliphatic heterocycles. The summed E-state index contributed by atoms with van der Waals surface area (Å²) >= 11 is 0. The Morgan fingerprint density at radius 3 is 1.37 bits per heavy atom. The van der Waals surface area contributed by atoms with E-state index in [1.807, 2.05) is 38.1 Å². The molecule has 4 rings (SSSR count). The normalized spacial score (nSPS) is 9.73. The molecule has 0 amide bonds. The maximum absolute atomic E-state index is 11.5. The zero-order chi connectivity index (χ0) is 20.3. The van der Waals surface area contributed by atoms with Crippen molar-refractivity contribution in [2.45, 2.75) is 13.8 Å². The van der Waals surface area contributed by atoms with E-state index in [4.69, 9.17) is 9.47 Å². The summed E-state index contributed by atoms with van der Waals surface area (Å²) in [5, 5.41) is 24.5. The third-order valence-corrected chi connectivity index (χ3v) is 4.23. The molecule has 4 aromatic rings. The fourth-order valence-corrected chi connectivity index (χ4v) is 2.96. The van der Waals surface area contributed by atoms with Gasteiger partial charge in [-0.05, 0) is 26.0 Å². The SMILES string of the molecule is COc1cc(C)nc2c([O-])cccc12.COc1cc(C)nc2c([O-])cccc12.[Al+3].[Al+3]. The number of aromatic nitrogens is 2. The van der Waals surface area contributed by atoms with Crippen LogP contribution < -0.4 is 19.7 Å². The van der Waals surface area contributed by atoms with E-state index in [1.54, 1.807) is 26.4 Å². The monoisotopic (exact) mass is 430 g/mol. The summed E-state index contributed by atoms with van der Waals surface area (Å²) in [7, 11) is 3.18. The molecule has 0 bridgehead atoms. The Bertz CT molecular complexity index is 1060. The number of pyridine rings is 2. The molecule has 0 aliphatic rings. The Kier molecular flexibility index (Phi) is 9.43. The number of hydrogen-bond donors (Lipinski definition) is 0. The minimum Gasteiger partial charge on any atom is -0.871 e. The van der Waals surface area contributed by atoms with Gasteiger partial charge in [-0.1, -0.05) is 35.8 Å². The van der Waals surface area contributed by atoms with Crippen LogP contribution in [0.2, 0.25) is 0 Å². The van der Waals surface area contributed by atoms with Gasteiger partial charge in [-0.2, -0.15) is 0 Å². The van der Waals surface area contributed by atoms with Gasteiger partial charge in [0.15, 0.2) is 0 Å². The molecule has 0 atom stereocenters. The predicted molar refractivity (Wildman–Crippen MR) is 116 cm³/mol. The Labute approximate surface area is 196 Å². The number of para-hydroxylation sites is 2. The second-order valence-electron chi connectivity index (χ2n) is 6.24. The minimum atomic E-state index is -0.0653. The van der Waals surface area contributed by atoms with E-state index in [1.165, 1.54) is 12.1 Å². The molecule has 0 aliphatic carbocycles. The van der Waals surface area contributed by atoms with Crippen LogP contribution in [0, 0.1) is 13.8 Å². The topological polar surface area (TPSA) is 90.4 Å². The molecule has 0 N–H and O–H groups in total. The van der Waals surface area contributed by atoms with E-state index in [9.17, 15) is 10.2 Å². The first-order valence-electron chi connectivity index (χ1n) is 8.67. The predicted octanol–water partition coefficient (Wildman–Crippen LogP) is 2.49. The number of aryl methyl sites for hydroxylation is 2. The number of fused-ring (bicyclic) bond motifs is 2. The van der Waals surface area contributed by atoms with Crippen molar-refractivity contribution in [1.82, 2.24) is 9.97 Å². The summed E-state index contributed by atoms with van der Waals surface area (Å²) < 4.78 is 10.4. The third-order valence-electron chi connectivity index (χ3n) is 4.23. The van der Waals surface area contributed by atoms with E-state index in [0.29, 0.717) is 22.5 Å². The molecule has 144 valence electrons. The van der Waals surface area contributed by atoms with Crippen LogP contribution in [0.4, 0.5) is 0 Å². The van der Waals surface area contributed by atoms with Gasteiger partial charge in [0.1, 0.15) is 11.5 Å². The summed E-state index contributed by atoms with van der Waals surface area (Å²) in [5.41, 5.74) is 2.53. The Morgan fingerprint density at radius 1 is 0.667 bits per heavy atom. The van der Waals surface area contributed by atoms with Crippen molar-refractivity contribution in [1.29, 1.82) is 0 Å². The molecule has 6 nitrogen and oxygen atoms in total. The molecule has 2 aromatic heterocycles. The summed E-state index contributed by atoms with van der Waals surface area (Å²) in [6.45, 7) is 3.68. The number of benzene rings is 2. The fourth-order valence-electron chi connectivity index (χ4n) is 2.96. The maximum Gasteiger partial charge on any atom is 3.00 e. The molecule has 8 heteroatoms. The van der Waals surface area contributed by atoms with Crippen molar-refractivity contribution in [3.63, 3.8) is 0 Å². The number of rotatable bonds is 2. The van der Waals surface area contributed by atoms with Gasteiger partial charge in [0.2, 0.25) is 0 Å². The summed E-state index contributed by atoms with van der Waals surface area (Å²) in [6.07, 6.45) is 0. The molecule has 0 unspecified atom stereocenters. The first-order chi connectivity index (χ1) is 13.4. The molecule has 0 saturated heterocycles. The quantitative estimate of drug-likeness (QED) is 0.454. The fraction of sp³-hybridized carbons (Fsp3) is 0.182. The van der Waals surface area contributed by atoms with Crippen LogP contribution in [0.1, 0.15) is 11.4 Å². The van der Waals surface area contributed by atoms with Crippen molar-refractivity contribution in [2.24, 2.45) is 0 Å². The van der Waals surface area contributed by atoms with Crippen LogP contribution in [0.3, 0.4) is 0 Å². The third kappa shape index (κ3) is 5.36. The molecular formula is C22H20Al2N2O4+4. The van der Waals surface area contributed by atoms with Gasteiger partial charge in [0, 0.05) is 34.3 Å². The summed E-state index contributed by atoms with van der Waals surface area (Å²) in [5.74, 6) is 1.27.